The second kappa shape index (κ2) is 5.76. The molecule has 126 valence electrons. The summed E-state index contributed by atoms with van der Waals surface area (Å²) in [6, 6.07) is 0. The third kappa shape index (κ3) is 2.93. The minimum Gasteiger partial charge on any atom is -0.790 e. The third-order valence-corrected chi connectivity index (χ3v) is 3.91. The van der Waals surface area contributed by atoms with E-state index in [2.05, 4.69) is 19.5 Å². The van der Waals surface area contributed by atoms with Gasteiger partial charge >= 0.3 is 0 Å². The summed E-state index contributed by atoms with van der Waals surface area (Å²) in [4.78, 5) is 33.5. The molecule has 4 atom stereocenters. The molecule has 2 aromatic heterocycles. The lowest BCUT2D eigenvalue weighted by Crippen LogP contribution is -2.37. The van der Waals surface area contributed by atoms with Crippen molar-refractivity contribution in [2.75, 3.05) is 12.3 Å². The first-order valence-electron chi connectivity index (χ1n) is 6.39. The van der Waals surface area contributed by atoms with Crippen LogP contribution in [0, 0.1) is 0 Å². The normalized spacial score (nSPS) is 28.5. The highest BCUT2D eigenvalue weighted by Gasteiger charge is 2.46. The molecule has 2 aromatic rings. The van der Waals surface area contributed by atoms with E-state index in [1.54, 1.807) is 0 Å². The van der Waals surface area contributed by atoms with Crippen molar-refractivity contribution in [1.82, 2.24) is 19.5 Å². The van der Waals surface area contributed by atoms with Gasteiger partial charge in [-0.3, -0.25) is 4.57 Å². The van der Waals surface area contributed by atoms with Gasteiger partial charge in [0.1, 0.15) is 30.2 Å². The Balaban J connectivity index is 2.04. The Bertz CT molecular complexity index is 763. The molecule has 0 saturated carbocycles. The zero-order valence-electron chi connectivity index (χ0n) is 11.4. The average molecular weight is 345 g/mol. The first-order chi connectivity index (χ1) is 10.8. The van der Waals surface area contributed by atoms with Crippen molar-refractivity contribution in [3.63, 3.8) is 0 Å². The summed E-state index contributed by atoms with van der Waals surface area (Å²) in [5.41, 5.74) is 6.07. The molecule has 3 rings (SSSR count). The highest BCUT2D eigenvalue weighted by atomic mass is 31.2. The van der Waals surface area contributed by atoms with E-state index in [0.717, 1.165) is 6.33 Å². The van der Waals surface area contributed by atoms with E-state index >= 15 is 0 Å². The summed E-state index contributed by atoms with van der Waals surface area (Å²) in [5.74, 6) is 0.0850. The topological polar surface area (TPSA) is 192 Å². The van der Waals surface area contributed by atoms with Crippen molar-refractivity contribution in [1.29, 1.82) is 0 Å². The van der Waals surface area contributed by atoms with Gasteiger partial charge in [0, 0.05) is 0 Å². The minimum atomic E-state index is -5.41. The van der Waals surface area contributed by atoms with Crippen LogP contribution in [0.1, 0.15) is 6.23 Å². The number of phosphoric ester groups is 1. The molecule has 1 saturated heterocycles. The number of aromatic nitrogens is 4. The molecule has 0 radical (unpaired) electrons. The van der Waals surface area contributed by atoms with Gasteiger partial charge in [-0.05, 0) is 0 Å². The summed E-state index contributed by atoms with van der Waals surface area (Å²) in [5, 5.41) is 19.2. The maximum Gasteiger partial charge on any atom is 0.167 e. The highest BCUT2D eigenvalue weighted by molar-refractivity contribution is 7.43. The fraction of sp³-hybridized carbons (Fsp3) is 0.500. The quantitative estimate of drug-likeness (QED) is 0.474. The number of hydrogen-bond acceptors (Lipinski definition) is 11. The third-order valence-electron chi connectivity index (χ3n) is 3.40. The van der Waals surface area contributed by atoms with Crippen molar-refractivity contribution < 1.29 is 33.8 Å². The molecular weight excluding hydrogens is 333 g/mol. The Morgan fingerprint density at radius 2 is 2.17 bits per heavy atom. The van der Waals surface area contributed by atoms with E-state index in [9.17, 15) is 24.6 Å². The number of nitrogens with two attached hydrogens (primary N) is 1. The van der Waals surface area contributed by atoms with E-state index in [1.165, 1.54) is 10.9 Å². The van der Waals surface area contributed by atoms with Gasteiger partial charge in [-0.2, -0.15) is 0 Å². The zero-order valence-corrected chi connectivity index (χ0v) is 12.3. The summed E-state index contributed by atoms with van der Waals surface area (Å²) in [6.45, 7) is -0.608. The van der Waals surface area contributed by atoms with Crippen molar-refractivity contribution in [3.8, 4) is 0 Å². The van der Waals surface area contributed by atoms with E-state index < -0.39 is 39.0 Å². The number of nitrogen functional groups attached to an aromatic ring is 1. The van der Waals surface area contributed by atoms with Crippen LogP contribution >= 0.6 is 7.82 Å². The van der Waals surface area contributed by atoms with E-state index in [0.29, 0.717) is 0 Å². The predicted octanol–water partition coefficient (Wildman–Crippen LogP) is -3.13. The molecule has 3 heterocycles. The molecule has 12 nitrogen and oxygen atoms in total. The molecule has 1 aliphatic heterocycles. The number of phosphoric acid groups is 1. The average Bonchev–Trinajstić information content (AvgIpc) is 3.01. The van der Waals surface area contributed by atoms with Crippen LogP contribution in [-0.4, -0.2) is 54.7 Å². The molecule has 4 N–H and O–H groups in total. The zero-order chi connectivity index (χ0) is 16.8. The number of ether oxygens (including phenoxy) is 1. The summed E-state index contributed by atoms with van der Waals surface area (Å²) in [7, 11) is -5.41. The van der Waals surface area contributed by atoms with Crippen LogP contribution in [-0.2, 0) is 13.8 Å². The number of nitrogens with zero attached hydrogens (tertiary/aromatic N) is 4. The van der Waals surface area contributed by atoms with Gasteiger partial charge in [0.05, 0.1) is 20.8 Å². The van der Waals surface area contributed by atoms with Gasteiger partial charge in [-0.25, -0.2) is 15.0 Å². The molecule has 0 aromatic carbocycles. The first-order valence-corrected chi connectivity index (χ1v) is 7.85. The largest absolute Gasteiger partial charge is 0.790 e. The van der Waals surface area contributed by atoms with E-state index in [4.69, 9.17) is 10.5 Å². The molecule has 0 unspecified atom stereocenters. The predicted molar refractivity (Wildman–Crippen MR) is 69.2 cm³/mol. The number of imidazole rings is 1. The Kier molecular flexibility index (Phi) is 4.06. The van der Waals surface area contributed by atoms with Crippen LogP contribution in [0.5, 0.6) is 0 Å². The molecule has 0 amide bonds. The molecule has 0 bridgehead atoms. The SMILES string of the molecule is Nc1ncnc2c1ncn2[C@@H]1O[C@@H](CO)[C@@H](O)[C@@H]1OP(=O)([O-])[O-]. The van der Waals surface area contributed by atoms with E-state index in [1.807, 2.05) is 0 Å². The van der Waals surface area contributed by atoms with Crippen molar-refractivity contribution >= 4 is 24.8 Å². The van der Waals surface area contributed by atoms with Gasteiger partial charge in [0.2, 0.25) is 0 Å². The summed E-state index contributed by atoms with van der Waals surface area (Å²) >= 11 is 0. The summed E-state index contributed by atoms with van der Waals surface area (Å²) < 4.78 is 21.9. The molecule has 1 aliphatic rings. The number of aliphatic hydroxyl groups is 2. The Morgan fingerprint density at radius 3 is 2.83 bits per heavy atom. The maximum atomic E-state index is 10.9. The standard InChI is InChI=1S/C10H14N5O7P/c11-8-5-9(13-2-12-8)15(3-14-5)10-7(22-23(18,19)20)6(17)4(1-16)21-10/h2-4,6-7,10,16-17H,1H2,(H2,11,12,13)(H2,18,19,20)/p-2/t4-,6+,7-,10+/m0/s1. The first kappa shape index (κ1) is 16.2. The number of fused-ring (bicyclic) bond motifs is 1. The molecule has 13 heteroatoms. The fourth-order valence-corrected chi connectivity index (χ4v) is 2.94. The van der Waals surface area contributed by atoms with E-state index in [-0.39, 0.29) is 17.0 Å². The lowest BCUT2D eigenvalue weighted by Gasteiger charge is -2.34. The molecule has 1 fully saturated rings. The van der Waals surface area contributed by atoms with Gasteiger partial charge in [0.15, 0.2) is 17.7 Å². The van der Waals surface area contributed by atoms with Gasteiger partial charge in [0.25, 0.3) is 0 Å². The molecule has 0 aliphatic carbocycles. The second-order valence-electron chi connectivity index (χ2n) is 4.84. The van der Waals surface area contributed by atoms with Crippen molar-refractivity contribution in [2.24, 2.45) is 0 Å². The highest BCUT2D eigenvalue weighted by Crippen LogP contribution is 2.40. The Morgan fingerprint density at radius 1 is 1.43 bits per heavy atom. The lowest BCUT2D eigenvalue weighted by molar-refractivity contribution is -0.347. The number of aliphatic hydroxyl groups excluding tert-OH is 2. The number of anilines is 1. The molecule has 23 heavy (non-hydrogen) atoms. The van der Waals surface area contributed by atoms with Crippen molar-refractivity contribution in [3.05, 3.63) is 12.7 Å². The molecule has 0 spiro atoms. The maximum absolute atomic E-state index is 10.9. The van der Waals surface area contributed by atoms with Gasteiger partial charge in [-0.1, -0.05) is 0 Å². The molecular formula is C10H12N5O7P-2. The fourth-order valence-electron chi connectivity index (χ4n) is 2.41. The van der Waals surface area contributed by atoms with Crippen molar-refractivity contribution in [2.45, 2.75) is 24.5 Å². The van der Waals surface area contributed by atoms with Crippen LogP contribution in [0.4, 0.5) is 5.82 Å². The monoisotopic (exact) mass is 345 g/mol. The van der Waals surface area contributed by atoms with Crippen LogP contribution in [0.25, 0.3) is 11.2 Å². The van der Waals surface area contributed by atoms with Gasteiger partial charge in [-0.15, -0.1) is 0 Å². The number of hydrogen-bond donors (Lipinski definition) is 3. The lowest BCUT2D eigenvalue weighted by atomic mass is 10.1. The smallest absolute Gasteiger partial charge is 0.167 e. The Hall–Kier alpha value is -1.66. The summed E-state index contributed by atoms with van der Waals surface area (Å²) in [6.07, 6.45) is -3.12. The van der Waals surface area contributed by atoms with Gasteiger partial charge < -0.3 is 39.6 Å². The number of rotatable bonds is 4. The van der Waals surface area contributed by atoms with Crippen LogP contribution in [0.2, 0.25) is 0 Å². The van der Waals surface area contributed by atoms with Crippen LogP contribution < -0.4 is 15.5 Å². The second-order valence-corrected chi connectivity index (χ2v) is 5.94. The van der Waals surface area contributed by atoms with Crippen LogP contribution in [0.3, 0.4) is 0 Å². The Labute approximate surface area is 128 Å². The van der Waals surface area contributed by atoms with Crippen LogP contribution in [0.15, 0.2) is 12.7 Å². The minimum absolute atomic E-state index is 0.0850.